The van der Waals surface area contributed by atoms with Crippen LogP contribution >= 0.6 is 11.6 Å². The molecule has 0 radical (unpaired) electrons. The molecule has 0 N–H and O–H groups in total. The lowest BCUT2D eigenvalue weighted by Crippen LogP contribution is -2.01. The number of hydrogen-bond acceptors (Lipinski definition) is 3. The van der Waals surface area contributed by atoms with Crippen molar-refractivity contribution in [3.8, 4) is 17.1 Å². The van der Waals surface area contributed by atoms with Crippen molar-refractivity contribution in [3.05, 3.63) is 60.7 Å². The van der Waals surface area contributed by atoms with Crippen molar-refractivity contribution in [2.45, 2.75) is 5.88 Å². The summed E-state index contributed by atoms with van der Waals surface area (Å²) in [4.78, 5) is 4.02. The molecule has 0 aliphatic carbocycles. The first kappa shape index (κ1) is 11.9. The van der Waals surface area contributed by atoms with E-state index in [1.54, 1.807) is 12.4 Å². The van der Waals surface area contributed by atoms with E-state index in [1.165, 1.54) is 0 Å². The second kappa shape index (κ2) is 5.20. The van der Waals surface area contributed by atoms with Gasteiger partial charge < -0.3 is 0 Å². The van der Waals surface area contributed by atoms with Crippen molar-refractivity contribution in [2.75, 3.05) is 0 Å². The fourth-order valence-corrected chi connectivity index (χ4v) is 2.11. The Morgan fingerprint density at radius 2 is 1.68 bits per heavy atom. The van der Waals surface area contributed by atoms with Gasteiger partial charge in [0.15, 0.2) is 11.6 Å². The lowest BCUT2D eigenvalue weighted by atomic mass is 10.2. The Kier molecular flexibility index (Phi) is 3.25. The van der Waals surface area contributed by atoms with Crippen molar-refractivity contribution in [2.24, 2.45) is 0 Å². The third kappa shape index (κ3) is 2.22. The highest BCUT2D eigenvalue weighted by atomic mass is 35.5. The van der Waals surface area contributed by atoms with Gasteiger partial charge in [-0.2, -0.15) is 0 Å². The van der Waals surface area contributed by atoms with Crippen LogP contribution in [0.25, 0.3) is 17.1 Å². The maximum Gasteiger partial charge on any atom is 0.168 e. The van der Waals surface area contributed by atoms with E-state index in [9.17, 15) is 0 Å². The number of benzene rings is 1. The SMILES string of the molecule is ClCc1nnc(-c2ccncc2)n1-c1ccccc1. The first-order valence-electron chi connectivity index (χ1n) is 5.86. The minimum absolute atomic E-state index is 0.312. The number of para-hydroxylation sites is 1. The van der Waals surface area contributed by atoms with Crippen molar-refractivity contribution in [1.82, 2.24) is 19.7 Å². The molecule has 19 heavy (non-hydrogen) atoms. The highest BCUT2D eigenvalue weighted by Gasteiger charge is 2.14. The summed E-state index contributed by atoms with van der Waals surface area (Å²) < 4.78 is 1.96. The first-order chi connectivity index (χ1) is 9.40. The molecule has 0 spiro atoms. The quantitative estimate of drug-likeness (QED) is 0.687. The van der Waals surface area contributed by atoms with E-state index in [0.717, 1.165) is 22.9 Å². The lowest BCUT2D eigenvalue weighted by molar-refractivity contribution is 0.953. The fourth-order valence-electron chi connectivity index (χ4n) is 1.94. The molecule has 94 valence electrons. The molecule has 0 aliphatic rings. The molecule has 2 heterocycles. The summed E-state index contributed by atoms with van der Waals surface area (Å²) >= 11 is 5.95. The molecule has 0 saturated heterocycles. The number of pyridine rings is 1. The Balaban J connectivity index is 2.20. The normalized spacial score (nSPS) is 10.6. The molecule has 0 amide bonds. The Morgan fingerprint density at radius 3 is 2.37 bits per heavy atom. The van der Waals surface area contributed by atoms with Crippen LogP contribution in [0.1, 0.15) is 5.82 Å². The molecular weight excluding hydrogens is 260 g/mol. The molecule has 5 heteroatoms. The second-order valence-electron chi connectivity index (χ2n) is 3.98. The number of halogens is 1. The fraction of sp³-hybridized carbons (Fsp3) is 0.0714. The van der Waals surface area contributed by atoms with Crippen LogP contribution in [0.3, 0.4) is 0 Å². The topological polar surface area (TPSA) is 43.6 Å². The van der Waals surface area contributed by atoms with Gasteiger partial charge in [-0.1, -0.05) is 18.2 Å². The van der Waals surface area contributed by atoms with E-state index in [4.69, 9.17) is 11.6 Å². The number of aromatic nitrogens is 4. The van der Waals surface area contributed by atoms with Crippen LogP contribution in [-0.4, -0.2) is 19.7 Å². The van der Waals surface area contributed by atoms with E-state index in [0.29, 0.717) is 5.88 Å². The summed E-state index contributed by atoms with van der Waals surface area (Å²) in [7, 11) is 0. The van der Waals surface area contributed by atoms with Gasteiger partial charge in [-0.15, -0.1) is 21.8 Å². The zero-order valence-corrected chi connectivity index (χ0v) is 10.8. The molecule has 0 fully saturated rings. The van der Waals surface area contributed by atoms with Gasteiger partial charge in [0.25, 0.3) is 0 Å². The summed E-state index contributed by atoms with van der Waals surface area (Å²) in [5.74, 6) is 1.80. The van der Waals surface area contributed by atoms with Crippen LogP contribution in [-0.2, 0) is 5.88 Å². The smallest absolute Gasteiger partial charge is 0.168 e. The van der Waals surface area contributed by atoms with Crippen LogP contribution in [0.5, 0.6) is 0 Å². The van der Waals surface area contributed by atoms with E-state index < -0.39 is 0 Å². The second-order valence-corrected chi connectivity index (χ2v) is 4.25. The molecule has 0 atom stereocenters. The molecule has 0 saturated carbocycles. The molecule has 0 bridgehead atoms. The van der Waals surface area contributed by atoms with E-state index in [-0.39, 0.29) is 0 Å². The monoisotopic (exact) mass is 270 g/mol. The third-order valence-electron chi connectivity index (χ3n) is 2.80. The highest BCUT2D eigenvalue weighted by Crippen LogP contribution is 2.22. The molecular formula is C14H11ClN4. The van der Waals surface area contributed by atoms with Crippen molar-refractivity contribution in [1.29, 1.82) is 0 Å². The average Bonchev–Trinajstić information content (AvgIpc) is 2.93. The molecule has 3 aromatic rings. The molecule has 0 aliphatic heterocycles. The van der Waals surface area contributed by atoms with E-state index in [1.807, 2.05) is 47.0 Å². The van der Waals surface area contributed by atoms with Crippen LogP contribution in [0.15, 0.2) is 54.9 Å². The van der Waals surface area contributed by atoms with Gasteiger partial charge in [-0.05, 0) is 24.3 Å². The minimum atomic E-state index is 0.312. The van der Waals surface area contributed by atoms with Crippen LogP contribution in [0.4, 0.5) is 0 Å². The van der Waals surface area contributed by atoms with Crippen molar-refractivity contribution >= 4 is 11.6 Å². The van der Waals surface area contributed by atoms with Crippen LogP contribution in [0, 0.1) is 0 Å². The number of rotatable bonds is 3. The lowest BCUT2D eigenvalue weighted by Gasteiger charge is -2.08. The Morgan fingerprint density at radius 1 is 0.947 bits per heavy atom. The number of alkyl halides is 1. The molecule has 1 aromatic carbocycles. The van der Waals surface area contributed by atoms with Gasteiger partial charge in [-0.25, -0.2) is 0 Å². The van der Waals surface area contributed by atoms with Crippen molar-refractivity contribution < 1.29 is 0 Å². The first-order valence-corrected chi connectivity index (χ1v) is 6.39. The predicted octanol–water partition coefficient (Wildman–Crippen LogP) is 3.07. The summed E-state index contributed by atoms with van der Waals surface area (Å²) in [6.07, 6.45) is 3.47. The third-order valence-corrected chi connectivity index (χ3v) is 3.04. The largest absolute Gasteiger partial charge is 0.278 e. The molecule has 4 nitrogen and oxygen atoms in total. The van der Waals surface area contributed by atoms with E-state index >= 15 is 0 Å². The van der Waals surface area contributed by atoms with Gasteiger partial charge in [-0.3, -0.25) is 9.55 Å². The average molecular weight is 271 g/mol. The maximum absolute atomic E-state index is 5.95. The van der Waals surface area contributed by atoms with Crippen LogP contribution < -0.4 is 0 Å². The highest BCUT2D eigenvalue weighted by molar-refractivity contribution is 6.16. The summed E-state index contributed by atoms with van der Waals surface area (Å²) in [5, 5.41) is 8.38. The van der Waals surface area contributed by atoms with Crippen LogP contribution in [0.2, 0.25) is 0 Å². The van der Waals surface area contributed by atoms with Gasteiger partial charge in [0.05, 0.1) is 5.88 Å². The predicted molar refractivity (Wildman–Crippen MR) is 74.1 cm³/mol. The van der Waals surface area contributed by atoms with Crippen molar-refractivity contribution in [3.63, 3.8) is 0 Å². The van der Waals surface area contributed by atoms with Gasteiger partial charge >= 0.3 is 0 Å². The Bertz CT molecular complexity index is 664. The van der Waals surface area contributed by atoms with Gasteiger partial charge in [0.2, 0.25) is 0 Å². The van der Waals surface area contributed by atoms with E-state index in [2.05, 4.69) is 15.2 Å². The zero-order chi connectivity index (χ0) is 13.1. The zero-order valence-electron chi connectivity index (χ0n) is 10.1. The maximum atomic E-state index is 5.95. The number of hydrogen-bond donors (Lipinski definition) is 0. The molecule has 0 unspecified atom stereocenters. The standard InChI is InChI=1S/C14H11ClN4/c15-10-13-17-18-14(11-6-8-16-9-7-11)19(13)12-4-2-1-3-5-12/h1-9H,10H2. The summed E-state index contributed by atoms with van der Waals surface area (Å²) in [5.41, 5.74) is 1.96. The Labute approximate surface area is 115 Å². The minimum Gasteiger partial charge on any atom is -0.278 e. The summed E-state index contributed by atoms with van der Waals surface area (Å²) in [6, 6.07) is 13.7. The number of nitrogens with zero attached hydrogens (tertiary/aromatic N) is 4. The van der Waals surface area contributed by atoms with Gasteiger partial charge in [0.1, 0.15) is 0 Å². The summed E-state index contributed by atoms with van der Waals surface area (Å²) in [6.45, 7) is 0. The molecule has 2 aromatic heterocycles. The molecule has 3 rings (SSSR count). The van der Waals surface area contributed by atoms with Gasteiger partial charge in [0, 0.05) is 23.6 Å². The Hall–Kier alpha value is -2.20.